The van der Waals surface area contributed by atoms with Gasteiger partial charge in [-0.3, -0.25) is 14.4 Å². The number of rotatable bonds is 37. The van der Waals surface area contributed by atoms with Gasteiger partial charge in [0.25, 0.3) is 0 Å². The molecule has 0 rings (SSSR count). The lowest BCUT2D eigenvalue weighted by Gasteiger charge is -2.18. The second-order valence-electron chi connectivity index (χ2n) is 14.1. The third-order valence-corrected chi connectivity index (χ3v) is 9.20. The van der Waals surface area contributed by atoms with Crippen molar-refractivity contribution in [3.63, 3.8) is 0 Å². The van der Waals surface area contributed by atoms with Crippen LogP contribution in [0.2, 0.25) is 0 Å². The Labute approximate surface area is 311 Å². The number of aliphatic hydroxyl groups excluding tert-OH is 1. The van der Waals surface area contributed by atoms with Crippen molar-refractivity contribution in [3.05, 3.63) is 24.3 Å². The molecule has 0 aromatic carbocycles. The lowest BCUT2D eigenvalue weighted by Crippen LogP contribution is -2.47. The van der Waals surface area contributed by atoms with Crippen LogP contribution < -0.4 is 10.6 Å². The molecule has 51 heavy (non-hydrogen) atoms. The highest BCUT2D eigenvalue weighted by molar-refractivity contribution is 5.87. The van der Waals surface area contributed by atoms with Crippen molar-refractivity contribution in [1.82, 2.24) is 10.6 Å². The van der Waals surface area contributed by atoms with Crippen LogP contribution in [0.1, 0.15) is 194 Å². The first-order chi connectivity index (χ1) is 24.8. The Hall–Kier alpha value is -2.68. The van der Waals surface area contributed by atoms with Crippen LogP contribution in [0.25, 0.3) is 0 Å². The fourth-order valence-corrected chi connectivity index (χ4v) is 5.99. The quantitative estimate of drug-likeness (QED) is 0.0284. The summed E-state index contributed by atoms with van der Waals surface area (Å²) < 4.78 is 5.98. The van der Waals surface area contributed by atoms with Crippen molar-refractivity contribution in [1.29, 1.82) is 0 Å². The van der Waals surface area contributed by atoms with Crippen molar-refractivity contribution in [2.75, 3.05) is 13.2 Å². The van der Waals surface area contributed by atoms with Gasteiger partial charge >= 0.3 is 11.9 Å². The highest BCUT2D eigenvalue weighted by atomic mass is 16.5. The number of hydrogen-bond donors (Lipinski definition) is 4. The molecule has 4 N–H and O–H groups in total. The van der Waals surface area contributed by atoms with Gasteiger partial charge in [0.1, 0.15) is 12.1 Å². The van der Waals surface area contributed by atoms with Crippen LogP contribution in [0.3, 0.4) is 0 Å². The number of hydrogen-bond acceptors (Lipinski definition) is 6. The van der Waals surface area contributed by atoms with Crippen molar-refractivity contribution in [2.24, 2.45) is 0 Å². The number of aliphatic carboxylic acids is 1. The molecular weight excluding hydrogens is 644 g/mol. The summed E-state index contributed by atoms with van der Waals surface area (Å²) in [7, 11) is 0. The molecule has 2 unspecified atom stereocenters. The summed E-state index contributed by atoms with van der Waals surface area (Å²) in [6, 6.07) is -1.38. The second-order valence-corrected chi connectivity index (χ2v) is 14.1. The van der Waals surface area contributed by atoms with Crippen LogP contribution in [0.4, 0.5) is 0 Å². The molecule has 0 bridgehead atoms. The van der Waals surface area contributed by atoms with E-state index in [0.717, 1.165) is 70.6 Å². The van der Waals surface area contributed by atoms with Gasteiger partial charge < -0.3 is 25.6 Å². The maximum atomic E-state index is 12.7. The van der Waals surface area contributed by atoms with Gasteiger partial charge in [0.2, 0.25) is 11.8 Å². The zero-order chi connectivity index (χ0) is 37.6. The molecule has 0 aromatic heterocycles. The van der Waals surface area contributed by atoms with Gasteiger partial charge in [-0.2, -0.15) is 0 Å². The fraction of sp³-hybridized carbons (Fsp3) is 0.810. The molecule has 0 aliphatic carbocycles. The number of aliphatic hydroxyl groups is 1. The summed E-state index contributed by atoms with van der Waals surface area (Å²) in [5.41, 5.74) is 0. The number of carbonyl (C=O) groups is 4. The minimum atomic E-state index is -1.38. The Kier molecular flexibility index (Phi) is 35.1. The summed E-state index contributed by atoms with van der Waals surface area (Å²) in [6.45, 7) is 3.45. The number of ether oxygens (including phenoxy) is 1. The molecule has 296 valence electrons. The maximum Gasteiger partial charge on any atom is 0.328 e. The molecule has 0 spiro atoms. The van der Waals surface area contributed by atoms with E-state index in [9.17, 15) is 19.2 Å². The van der Waals surface area contributed by atoms with Crippen molar-refractivity contribution in [3.8, 4) is 0 Å². The third-order valence-electron chi connectivity index (χ3n) is 9.20. The Morgan fingerprint density at radius 1 is 0.588 bits per heavy atom. The molecule has 0 saturated carbocycles. The Balaban J connectivity index is 4.38. The molecule has 2 atom stereocenters. The summed E-state index contributed by atoms with van der Waals surface area (Å²) >= 11 is 0. The molecule has 9 nitrogen and oxygen atoms in total. The van der Waals surface area contributed by atoms with Gasteiger partial charge in [-0.05, 0) is 64.2 Å². The van der Waals surface area contributed by atoms with E-state index < -0.39 is 24.5 Å². The van der Waals surface area contributed by atoms with Gasteiger partial charge in [0, 0.05) is 12.8 Å². The van der Waals surface area contributed by atoms with E-state index in [1.807, 2.05) is 0 Å². The zero-order valence-electron chi connectivity index (χ0n) is 32.6. The first kappa shape index (κ1) is 48.3. The van der Waals surface area contributed by atoms with E-state index in [1.165, 1.54) is 89.9 Å². The largest absolute Gasteiger partial charge is 0.480 e. The van der Waals surface area contributed by atoms with Gasteiger partial charge in [-0.1, -0.05) is 141 Å². The summed E-state index contributed by atoms with van der Waals surface area (Å²) in [6.07, 6.45) is 39.2. The van der Waals surface area contributed by atoms with Gasteiger partial charge in [-0.15, -0.1) is 0 Å². The van der Waals surface area contributed by atoms with E-state index >= 15 is 0 Å². The van der Waals surface area contributed by atoms with Crippen LogP contribution in [0, 0.1) is 0 Å². The Bertz CT molecular complexity index is 921. The number of carbonyl (C=O) groups excluding carboxylic acids is 3. The minimum absolute atomic E-state index is 0.0508. The number of carboxylic acids is 1. The van der Waals surface area contributed by atoms with Gasteiger partial charge in [0.05, 0.1) is 13.2 Å². The summed E-state index contributed by atoms with van der Waals surface area (Å²) in [4.78, 5) is 47.4. The smallest absolute Gasteiger partial charge is 0.328 e. The molecule has 0 heterocycles. The van der Waals surface area contributed by atoms with Crippen LogP contribution >= 0.6 is 0 Å². The lowest BCUT2D eigenvalue weighted by atomic mass is 10.0. The van der Waals surface area contributed by atoms with Crippen molar-refractivity contribution < 1.29 is 34.1 Å². The molecule has 0 aliphatic heterocycles. The summed E-state index contributed by atoms with van der Waals surface area (Å²) in [5, 5.41) is 22.5. The van der Waals surface area contributed by atoms with Crippen LogP contribution in [-0.2, 0) is 23.9 Å². The lowest BCUT2D eigenvalue weighted by molar-refractivity contribution is -0.150. The van der Waals surface area contributed by atoms with Crippen LogP contribution in [-0.4, -0.2) is 59.3 Å². The van der Waals surface area contributed by atoms with E-state index in [-0.39, 0.29) is 30.9 Å². The molecular formula is C42H76N2O7. The molecule has 0 radical (unpaired) electrons. The SMILES string of the molecule is CCCCCCC/C=C\C/C=C\CCCC(CCCCCCCC(=O)NCC(=O)NC(CO)C(=O)O)OC(=O)CCCCCCCCCCCC. The van der Waals surface area contributed by atoms with Crippen molar-refractivity contribution >= 4 is 23.8 Å². The highest BCUT2D eigenvalue weighted by Crippen LogP contribution is 2.18. The maximum absolute atomic E-state index is 12.7. The number of nitrogens with one attached hydrogen (secondary N) is 2. The third kappa shape index (κ3) is 34.2. The van der Waals surface area contributed by atoms with E-state index in [0.29, 0.717) is 12.8 Å². The van der Waals surface area contributed by atoms with E-state index in [2.05, 4.69) is 48.8 Å². The average Bonchev–Trinajstić information content (AvgIpc) is 3.11. The predicted octanol–water partition coefficient (Wildman–Crippen LogP) is 9.65. The molecule has 0 aliphatic rings. The zero-order valence-corrected chi connectivity index (χ0v) is 32.6. The standard InChI is InChI=1S/C42H76N2O7/c1-3-5-7-9-11-13-15-16-17-18-20-23-27-31-37(51-41(48)34-30-26-21-19-14-12-10-8-6-4-2)32-28-24-22-25-29-33-39(46)43-35-40(47)44-38(36-45)42(49)50/h15-16,18,20,37-38,45H,3-14,17,19,21-36H2,1-2H3,(H,43,46)(H,44,47)(H,49,50)/b16-15-,20-18-. The Morgan fingerprint density at radius 2 is 1.08 bits per heavy atom. The predicted molar refractivity (Wildman–Crippen MR) is 208 cm³/mol. The first-order valence-electron chi connectivity index (χ1n) is 20.7. The van der Waals surface area contributed by atoms with Gasteiger partial charge in [-0.25, -0.2) is 4.79 Å². The monoisotopic (exact) mass is 721 g/mol. The number of carboxylic acid groups (broad SMARTS) is 1. The normalized spacial score (nSPS) is 12.7. The van der Waals surface area contributed by atoms with Crippen molar-refractivity contribution in [2.45, 2.75) is 206 Å². The number of allylic oxidation sites excluding steroid dienone is 4. The first-order valence-corrected chi connectivity index (χ1v) is 20.7. The van der Waals surface area contributed by atoms with Gasteiger partial charge in [0.15, 0.2) is 0 Å². The Morgan fingerprint density at radius 3 is 1.65 bits per heavy atom. The number of esters is 1. The number of unbranched alkanes of at least 4 members (excludes halogenated alkanes) is 19. The minimum Gasteiger partial charge on any atom is -0.480 e. The van der Waals surface area contributed by atoms with E-state index in [4.69, 9.17) is 14.9 Å². The highest BCUT2D eigenvalue weighted by Gasteiger charge is 2.19. The topological polar surface area (TPSA) is 142 Å². The molecule has 2 amide bonds. The fourth-order valence-electron chi connectivity index (χ4n) is 5.99. The molecule has 0 fully saturated rings. The van der Waals surface area contributed by atoms with Crippen LogP contribution in [0.15, 0.2) is 24.3 Å². The average molecular weight is 721 g/mol. The summed E-state index contributed by atoms with van der Waals surface area (Å²) in [5.74, 6) is -2.32. The molecule has 0 aromatic rings. The molecule has 9 heteroatoms. The van der Waals surface area contributed by atoms with Crippen LogP contribution in [0.5, 0.6) is 0 Å². The molecule has 0 saturated heterocycles. The van der Waals surface area contributed by atoms with E-state index in [1.54, 1.807) is 0 Å². The number of amides is 2. The second kappa shape index (κ2) is 37.1.